The number of hydrogen-bond donors (Lipinski definition) is 1. The number of carbonyl (C=O) groups excluding carboxylic acids is 3. The summed E-state index contributed by atoms with van der Waals surface area (Å²) in [5.74, 6) is -3.15. The van der Waals surface area contributed by atoms with E-state index in [1.54, 1.807) is 21.7 Å². The van der Waals surface area contributed by atoms with E-state index in [1.807, 2.05) is 61.5 Å². The SMILES string of the molecule is C=CCCCOC(=O)[C@@H]1[C@H]2C(=O)N([C@H](CO)c3ccccc3)C(C(=O)N(CC=C)Cn3nnc4ccccc43)C23CC[C@@]1(C)O3. The van der Waals surface area contributed by atoms with Crippen molar-refractivity contribution in [3.63, 3.8) is 0 Å². The zero-order valence-electron chi connectivity index (χ0n) is 25.5. The van der Waals surface area contributed by atoms with Crippen LogP contribution in [0.15, 0.2) is 79.9 Å². The van der Waals surface area contributed by atoms with Gasteiger partial charge in [-0.25, -0.2) is 4.68 Å². The number of fused-ring (bicyclic) bond motifs is 2. The molecule has 1 spiro atoms. The van der Waals surface area contributed by atoms with Crippen molar-refractivity contribution in [2.75, 3.05) is 19.8 Å². The quantitative estimate of drug-likeness (QED) is 0.177. The summed E-state index contributed by atoms with van der Waals surface area (Å²) < 4.78 is 14.1. The fourth-order valence-corrected chi connectivity index (χ4v) is 7.59. The largest absolute Gasteiger partial charge is 0.465 e. The maximum Gasteiger partial charge on any atom is 0.312 e. The van der Waals surface area contributed by atoms with Gasteiger partial charge in [0.05, 0.1) is 36.3 Å². The van der Waals surface area contributed by atoms with E-state index in [9.17, 15) is 19.5 Å². The van der Waals surface area contributed by atoms with Crippen LogP contribution in [-0.4, -0.2) is 84.7 Å². The number of ether oxygens (including phenoxy) is 2. The number of rotatable bonds is 13. The summed E-state index contributed by atoms with van der Waals surface area (Å²) >= 11 is 0. The summed E-state index contributed by atoms with van der Waals surface area (Å²) in [5.41, 5.74) is -0.168. The topological polar surface area (TPSA) is 127 Å². The standard InChI is InChI=1S/C34H39N5O6/c1-4-6-12-20-44-32(43)28-27-30(41)39(26(21-40)23-13-8-7-9-14-23)29(34(27)18-17-33(28,3)45-34)31(42)37(19-5-2)22-38-25-16-11-10-15-24(25)35-36-38/h4-5,7-11,13-16,26-29,40H,1-2,6,12,17-22H2,3H3/t26-,27+,28+,29?,33-,34?/m1/s1. The highest BCUT2D eigenvalue weighted by atomic mass is 16.6. The predicted molar refractivity (Wildman–Crippen MR) is 165 cm³/mol. The molecule has 1 aromatic heterocycles. The first-order chi connectivity index (χ1) is 21.8. The van der Waals surface area contributed by atoms with Gasteiger partial charge in [-0.15, -0.1) is 18.3 Å². The normalized spacial score (nSPS) is 27.4. The van der Waals surface area contributed by atoms with Gasteiger partial charge in [0.1, 0.15) is 29.7 Å². The molecule has 3 aliphatic rings. The summed E-state index contributed by atoms with van der Waals surface area (Å²) in [5, 5.41) is 19.3. The number of esters is 1. The Labute approximate surface area is 262 Å². The van der Waals surface area contributed by atoms with Crippen molar-refractivity contribution in [3.8, 4) is 0 Å². The molecule has 6 rings (SSSR count). The van der Waals surface area contributed by atoms with Crippen molar-refractivity contribution >= 4 is 28.8 Å². The Morgan fingerprint density at radius 2 is 1.91 bits per heavy atom. The fraction of sp³-hybridized carbons (Fsp3) is 0.441. The van der Waals surface area contributed by atoms with Crippen molar-refractivity contribution in [2.24, 2.45) is 11.8 Å². The Balaban J connectivity index is 1.42. The number of amides is 2. The van der Waals surface area contributed by atoms with E-state index < -0.39 is 53.6 Å². The van der Waals surface area contributed by atoms with Crippen molar-refractivity contribution < 1.29 is 29.0 Å². The van der Waals surface area contributed by atoms with Gasteiger partial charge in [-0.2, -0.15) is 0 Å². The molecule has 45 heavy (non-hydrogen) atoms. The van der Waals surface area contributed by atoms with Gasteiger partial charge in [0, 0.05) is 6.54 Å². The molecule has 2 bridgehead atoms. The molecule has 3 aliphatic heterocycles. The highest BCUT2D eigenvalue weighted by Gasteiger charge is 2.79. The van der Waals surface area contributed by atoms with Crippen LogP contribution in [-0.2, 0) is 30.5 Å². The highest BCUT2D eigenvalue weighted by Crippen LogP contribution is 2.64. The van der Waals surface area contributed by atoms with Crippen LogP contribution in [0.2, 0.25) is 0 Å². The second-order valence-electron chi connectivity index (χ2n) is 12.2. The second kappa shape index (κ2) is 12.2. The van der Waals surface area contributed by atoms with E-state index in [1.165, 1.54) is 4.90 Å². The first-order valence-corrected chi connectivity index (χ1v) is 15.4. The predicted octanol–water partition coefficient (Wildman–Crippen LogP) is 3.41. The summed E-state index contributed by atoms with van der Waals surface area (Å²) in [6.45, 7) is 9.40. The minimum absolute atomic E-state index is 0.0474. The fourth-order valence-electron chi connectivity index (χ4n) is 7.59. The molecule has 2 aromatic carbocycles. The summed E-state index contributed by atoms with van der Waals surface area (Å²) in [6.07, 6.45) is 5.56. The van der Waals surface area contributed by atoms with Crippen molar-refractivity contribution in [2.45, 2.75) is 62.6 Å². The van der Waals surface area contributed by atoms with E-state index in [-0.39, 0.29) is 25.7 Å². The molecular formula is C34H39N5O6. The number of aliphatic hydroxyl groups excluding tert-OH is 1. The molecule has 4 heterocycles. The molecule has 2 amide bonds. The van der Waals surface area contributed by atoms with Gasteiger partial charge in [-0.05, 0) is 50.3 Å². The second-order valence-corrected chi connectivity index (χ2v) is 12.2. The lowest BCUT2D eigenvalue weighted by atomic mass is 9.66. The number of para-hydroxylation sites is 1. The summed E-state index contributed by atoms with van der Waals surface area (Å²) in [6, 6.07) is 14.6. The minimum Gasteiger partial charge on any atom is -0.465 e. The Bertz CT molecular complexity index is 1610. The Morgan fingerprint density at radius 1 is 1.16 bits per heavy atom. The van der Waals surface area contributed by atoms with Gasteiger partial charge in [-0.1, -0.05) is 59.8 Å². The smallest absolute Gasteiger partial charge is 0.312 e. The average molecular weight is 614 g/mol. The monoisotopic (exact) mass is 613 g/mol. The molecule has 236 valence electrons. The third kappa shape index (κ3) is 5.04. The van der Waals surface area contributed by atoms with Gasteiger partial charge in [0.25, 0.3) is 0 Å². The molecule has 11 nitrogen and oxygen atoms in total. The molecule has 3 fully saturated rings. The number of nitrogens with zero attached hydrogens (tertiary/aromatic N) is 5. The lowest BCUT2D eigenvalue weighted by molar-refractivity contribution is -0.162. The van der Waals surface area contributed by atoms with Crippen LogP contribution in [0.5, 0.6) is 0 Å². The molecule has 11 heteroatoms. The van der Waals surface area contributed by atoms with Gasteiger partial charge in [-0.3, -0.25) is 14.4 Å². The van der Waals surface area contributed by atoms with Crippen molar-refractivity contribution in [1.82, 2.24) is 24.8 Å². The Morgan fingerprint density at radius 3 is 2.64 bits per heavy atom. The molecule has 0 aliphatic carbocycles. The number of benzene rings is 2. The minimum atomic E-state index is -1.29. The van der Waals surface area contributed by atoms with Gasteiger partial charge < -0.3 is 24.4 Å². The maximum absolute atomic E-state index is 14.9. The van der Waals surface area contributed by atoms with E-state index in [4.69, 9.17) is 9.47 Å². The van der Waals surface area contributed by atoms with E-state index in [0.29, 0.717) is 36.8 Å². The molecule has 2 unspecified atom stereocenters. The van der Waals surface area contributed by atoms with Crippen LogP contribution in [0.4, 0.5) is 0 Å². The zero-order chi connectivity index (χ0) is 31.8. The molecule has 6 atom stereocenters. The summed E-state index contributed by atoms with van der Waals surface area (Å²) in [7, 11) is 0. The summed E-state index contributed by atoms with van der Waals surface area (Å²) in [4.78, 5) is 46.3. The van der Waals surface area contributed by atoms with E-state index in [2.05, 4.69) is 23.5 Å². The molecule has 1 N–H and O–H groups in total. The molecule has 0 radical (unpaired) electrons. The van der Waals surface area contributed by atoms with Crippen LogP contribution in [0.1, 0.15) is 44.2 Å². The van der Waals surface area contributed by atoms with Crippen LogP contribution >= 0.6 is 0 Å². The third-order valence-electron chi connectivity index (χ3n) is 9.58. The number of likely N-dealkylation sites (tertiary alicyclic amines) is 1. The maximum atomic E-state index is 14.9. The van der Waals surface area contributed by atoms with Crippen LogP contribution in [0.25, 0.3) is 11.0 Å². The number of allylic oxidation sites excluding steroid dienone is 1. The van der Waals surface area contributed by atoms with Crippen molar-refractivity contribution in [3.05, 3.63) is 85.5 Å². The van der Waals surface area contributed by atoms with E-state index >= 15 is 0 Å². The first kappa shape index (κ1) is 30.7. The van der Waals surface area contributed by atoms with Crippen LogP contribution in [0, 0.1) is 11.8 Å². The average Bonchev–Trinajstić information content (AvgIpc) is 3.75. The number of unbranched alkanes of at least 4 members (excludes halogenated alkanes) is 1. The lowest BCUT2D eigenvalue weighted by Crippen LogP contribution is -2.57. The van der Waals surface area contributed by atoms with Gasteiger partial charge in [0.15, 0.2) is 0 Å². The Kier molecular flexibility index (Phi) is 8.32. The van der Waals surface area contributed by atoms with E-state index in [0.717, 1.165) is 5.52 Å². The number of hydrogen-bond acceptors (Lipinski definition) is 8. The highest BCUT2D eigenvalue weighted by molar-refractivity contribution is 5.98. The number of aromatic nitrogens is 3. The molecular weight excluding hydrogens is 574 g/mol. The molecule has 3 aromatic rings. The first-order valence-electron chi connectivity index (χ1n) is 15.4. The number of carbonyl (C=O) groups is 3. The lowest BCUT2D eigenvalue weighted by Gasteiger charge is -2.39. The van der Waals surface area contributed by atoms with Crippen LogP contribution in [0.3, 0.4) is 0 Å². The zero-order valence-corrected chi connectivity index (χ0v) is 25.5. The van der Waals surface area contributed by atoms with Crippen LogP contribution < -0.4 is 0 Å². The molecule has 0 saturated carbocycles. The number of aliphatic hydroxyl groups is 1. The van der Waals surface area contributed by atoms with Gasteiger partial charge >= 0.3 is 5.97 Å². The Hall–Kier alpha value is -4.35. The van der Waals surface area contributed by atoms with Gasteiger partial charge in [0.2, 0.25) is 11.8 Å². The molecule has 3 saturated heterocycles. The third-order valence-corrected chi connectivity index (χ3v) is 9.58. The van der Waals surface area contributed by atoms with Crippen molar-refractivity contribution in [1.29, 1.82) is 0 Å².